The Morgan fingerprint density at radius 2 is 2.15 bits per heavy atom. The van der Waals surface area contributed by atoms with Crippen molar-refractivity contribution in [2.24, 2.45) is 0 Å². The highest BCUT2D eigenvalue weighted by Crippen LogP contribution is 2.21. The maximum absolute atomic E-state index is 12.0. The van der Waals surface area contributed by atoms with Gasteiger partial charge in [-0.15, -0.1) is 0 Å². The van der Waals surface area contributed by atoms with Crippen molar-refractivity contribution in [3.8, 4) is 0 Å². The fourth-order valence-electron chi connectivity index (χ4n) is 1.48. The third kappa shape index (κ3) is 5.64. The molecule has 1 heterocycles. The van der Waals surface area contributed by atoms with Gasteiger partial charge in [-0.25, -0.2) is 4.98 Å². The Bertz CT molecular complexity index is 466. The molecule has 0 spiro atoms. The number of nitrogens with one attached hydrogen (secondary N) is 2. The molecule has 0 aliphatic heterocycles. The number of anilines is 1. The smallest absolute Gasteiger partial charge is 0.370 e. The van der Waals surface area contributed by atoms with Crippen molar-refractivity contribution >= 4 is 23.3 Å². The van der Waals surface area contributed by atoms with Crippen molar-refractivity contribution in [2.75, 3.05) is 18.4 Å². The van der Waals surface area contributed by atoms with Gasteiger partial charge < -0.3 is 10.6 Å². The number of nitrogens with zero attached hydrogens (tertiary/aromatic N) is 1. The van der Waals surface area contributed by atoms with E-state index in [1.807, 2.05) is 6.92 Å². The van der Waals surface area contributed by atoms with Gasteiger partial charge in [-0.05, 0) is 19.4 Å². The van der Waals surface area contributed by atoms with Crippen molar-refractivity contribution < 1.29 is 18.0 Å². The fourth-order valence-corrected chi connectivity index (χ4v) is 1.67. The minimum absolute atomic E-state index is 0.0620. The van der Waals surface area contributed by atoms with E-state index in [9.17, 15) is 18.0 Å². The molecular formula is C12H15ClF3N3O. The maximum atomic E-state index is 12.0. The number of hydrogen-bond donors (Lipinski definition) is 2. The molecule has 1 aromatic heterocycles. The third-order valence-corrected chi connectivity index (χ3v) is 2.68. The summed E-state index contributed by atoms with van der Waals surface area (Å²) in [5, 5.41) is 5.47. The van der Waals surface area contributed by atoms with Gasteiger partial charge in [0, 0.05) is 25.7 Å². The molecular weight excluding hydrogens is 295 g/mol. The minimum Gasteiger partial charge on any atom is -0.370 e. The standard InChI is InChI=1S/C12H15ClF3N3O/c1-2-17-10-6-8(9(13)7-19-10)11(20)18-5-3-4-12(14,15)16/h6-7H,2-5H2,1H3,(H,17,19)(H,18,20). The molecule has 1 amide bonds. The maximum Gasteiger partial charge on any atom is 0.389 e. The lowest BCUT2D eigenvalue weighted by Crippen LogP contribution is -2.26. The van der Waals surface area contributed by atoms with Crippen molar-refractivity contribution in [3.05, 3.63) is 22.8 Å². The molecule has 0 atom stereocenters. The molecule has 4 nitrogen and oxygen atoms in total. The van der Waals surface area contributed by atoms with E-state index < -0.39 is 18.5 Å². The molecule has 0 saturated heterocycles. The van der Waals surface area contributed by atoms with Gasteiger partial charge >= 0.3 is 6.18 Å². The fraction of sp³-hybridized carbons (Fsp3) is 0.500. The van der Waals surface area contributed by atoms with Gasteiger partial charge in [-0.3, -0.25) is 4.79 Å². The number of amides is 1. The van der Waals surface area contributed by atoms with Gasteiger partial charge in [0.15, 0.2) is 0 Å². The summed E-state index contributed by atoms with van der Waals surface area (Å²) in [5.74, 6) is -0.0314. The van der Waals surface area contributed by atoms with Crippen molar-refractivity contribution in [1.82, 2.24) is 10.3 Å². The monoisotopic (exact) mass is 309 g/mol. The Kier molecular flexibility index (Phi) is 6.06. The highest BCUT2D eigenvalue weighted by molar-refractivity contribution is 6.33. The molecule has 0 unspecified atom stereocenters. The van der Waals surface area contributed by atoms with Crippen LogP contribution in [-0.4, -0.2) is 30.2 Å². The van der Waals surface area contributed by atoms with Gasteiger partial charge in [0.2, 0.25) is 0 Å². The predicted octanol–water partition coefficient (Wildman–Crippen LogP) is 3.24. The normalized spacial score (nSPS) is 11.2. The quantitative estimate of drug-likeness (QED) is 0.793. The zero-order valence-electron chi connectivity index (χ0n) is 10.9. The van der Waals surface area contributed by atoms with Crippen LogP contribution in [0.25, 0.3) is 0 Å². The number of pyridine rings is 1. The molecule has 0 bridgehead atoms. The van der Waals surface area contributed by atoms with E-state index in [1.165, 1.54) is 12.3 Å². The van der Waals surface area contributed by atoms with Crippen molar-refractivity contribution in [2.45, 2.75) is 25.9 Å². The lowest BCUT2D eigenvalue weighted by Gasteiger charge is -2.09. The van der Waals surface area contributed by atoms with E-state index in [4.69, 9.17) is 11.6 Å². The molecule has 112 valence electrons. The first-order valence-electron chi connectivity index (χ1n) is 6.08. The average Bonchev–Trinajstić information content (AvgIpc) is 2.36. The first-order valence-corrected chi connectivity index (χ1v) is 6.45. The molecule has 0 saturated carbocycles. The van der Waals surface area contributed by atoms with E-state index >= 15 is 0 Å². The van der Waals surface area contributed by atoms with Gasteiger partial charge in [0.05, 0.1) is 10.6 Å². The number of alkyl halides is 3. The second kappa shape index (κ2) is 7.33. The van der Waals surface area contributed by atoms with Crippen LogP contribution in [0, 0.1) is 0 Å². The summed E-state index contributed by atoms with van der Waals surface area (Å²) >= 11 is 5.85. The lowest BCUT2D eigenvalue weighted by molar-refractivity contribution is -0.135. The average molecular weight is 310 g/mol. The number of rotatable bonds is 6. The zero-order valence-corrected chi connectivity index (χ0v) is 11.6. The van der Waals surface area contributed by atoms with Crippen LogP contribution in [0.5, 0.6) is 0 Å². The molecule has 2 N–H and O–H groups in total. The van der Waals surface area contributed by atoms with Crippen LogP contribution in [0.2, 0.25) is 5.02 Å². The van der Waals surface area contributed by atoms with Crippen molar-refractivity contribution in [3.63, 3.8) is 0 Å². The number of aromatic nitrogens is 1. The van der Waals surface area contributed by atoms with E-state index in [1.54, 1.807) is 0 Å². The highest BCUT2D eigenvalue weighted by atomic mass is 35.5. The molecule has 0 aliphatic rings. The summed E-state index contributed by atoms with van der Waals surface area (Å²) in [6.45, 7) is 2.43. The van der Waals surface area contributed by atoms with E-state index in [-0.39, 0.29) is 23.6 Å². The molecule has 0 radical (unpaired) electrons. The first kappa shape index (κ1) is 16.6. The van der Waals surface area contributed by atoms with Gasteiger partial charge in [-0.2, -0.15) is 13.2 Å². The second-order valence-corrected chi connectivity index (χ2v) is 4.46. The second-order valence-electron chi connectivity index (χ2n) is 4.05. The molecule has 20 heavy (non-hydrogen) atoms. The topological polar surface area (TPSA) is 54.0 Å². The Morgan fingerprint density at radius 3 is 2.75 bits per heavy atom. The van der Waals surface area contributed by atoms with E-state index in [2.05, 4.69) is 15.6 Å². The van der Waals surface area contributed by atoms with Crippen LogP contribution < -0.4 is 10.6 Å². The largest absolute Gasteiger partial charge is 0.389 e. The lowest BCUT2D eigenvalue weighted by atomic mass is 10.2. The van der Waals surface area contributed by atoms with E-state index in [0.717, 1.165) is 0 Å². The molecule has 0 aromatic carbocycles. The summed E-state index contributed by atoms with van der Waals surface area (Å²) < 4.78 is 35.9. The summed E-state index contributed by atoms with van der Waals surface area (Å²) in [4.78, 5) is 15.8. The van der Waals surface area contributed by atoms with Gasteiger partial charge in [0.1, 0.15) is 5.82 Å². The highest BCUT2D eigenvalue weighted by Gasteiger charge is 2.26. The molecule has 1 aromatic rings. The first-order chi connectivity index (χ1) is 9.33. The summed E-state index contributed by atoms with van der Waals surface area (Å²) in [5.41, 5.74) is 0.185. The third-order valence-electron chi connectivity index (χ3n) is 2.38. The van der Waals surface area contributed by atoms with Crippen LogP contribution >= 0.6 is 11.6 Å². The molecule has 0 aliphatic carbocycles. The van der Waals surface area contributed by atoms with Crippen LogP contribution in [0.4, 0.5) is 19.0 Å². The van der Waals surface area contributed by atoms with Crippen molar-refractivity contribution in [1.29, 1.82) is 0 Å². The van der Waals surface area contributed by atoms with Crippen LogP contribution in [-0.2, 0) is 0 Å². The Morgan fingerprint density at radius 1 is 1.45 bits per heavy atom. The number of carbonyl (C=O) groups excluding carboxylic acids is 1. The molecule has 1 rings (SSSR count). The van der Waals surface area contributed by atoms with Gasteiger partial charge in [-0.1, -0.05) is 11.6 Å². The van der Waals surface area contributed by atoms with Gasteiger partial charge in [0.25, 0.3) is 5.91 Å². The van der Waals surface area contributed by atoms with Crippen LogP contribution in [0.1, 0.15) is 30.1 Å². The Balaban J connectivity index is 2.56. The van der Waals surface area contributed by atoms with Crippen LogP contribution in [0.3, 0.4) is 0 Å². The zero-order chi connectivity index (χ0) is 15.2. The summed E-state index contributed by atoms with van der Waals surface area (Å²) in [7, 11) is 0. The number of hydrogen-bond acceptors (Lipinski definition) is 3. The SMILES string of the molecule is CCNc1cc(C(=O)NCCCC(F)(F)F)c(Cl)cn1. The Hall–Kier alpha value is -1.50. The minimum atomic E-state index is -4.21. The summed E-state index contributed by atoms with van der Waals surface area (Å²) in [6, 6.07) is 1.46. The van der Waals surface area contributed by atoms with Crippen LogP contribution in [0.15, 0.2) is 12.3 Å². The summed E-state index contributed by atoms with van der Waals surface area (Å²) in [6.07, 6.45) is -3.99. The van der Waals surface area contributed by atoms with E-state index in [0.29, 0.717) is 12.4 Å². The predicted molar refractivity (Wildman–Crippen MR) is 71.0 cm³/mol. The number of carbonyl (C=O) groups is 1. The molecule has 8 heteroatoms. The molecule has 0 fully saturated rings. The number of halogens is 4. The Labute approximate surface area is 119 Å².